The Kier molecular flexibility index (Phi) is 31.2. The minimum Gasteiger partial charge on any atom is -0.481 e. The van der Waals surface area contributed by atoms with Gasteiger partial charge in [0.2, 0.25) is 0 Å². The molecule has 5 N–H and O–H groups in total. The van der Waals surface area contributed by atoms with Gasteiger partial charge in [0.05, 0.1) is 6.67 Å². The normalized spacial score (nSPS) is 11.9. The Morgan fingerprint density at radius 2 is 1.19 bits per heavy atom. The van der Waals surface area contributed by atoms with Crippen molar-refractivity contribution < 1.29 is 77.9 Å². The number of nitrogens with two attached hydrogens (primary N) is 2. The zero-order chi connectivity index (χ0) is 37.4. The maximum atomic E-state index is 9.62. The molecule has 2 aromatic rings. The molecule has 0 bridgehead atoms. The summed E-state index contributed by atoms with van der Waals surface area (Å²) in [5.41, 5.74) is 21.0. The molecule has 0 spiro atoms. The number of hydrogen-bond donors (Lipinski definition) is 3. The number of hydrogen-bond acceptors (Lipinski definition) is 10. The number of nitrogen functional groups attached to an aromatic ring is 1. The molecule has 2 unspecified atom stereocenters. The number of aldehydes is 2. The number of rotatable bonds is 7. The van der Waals surface area contributed by atoms with Crippen LogP contribution in [0.2, 0.25) is 0 Å². The molecule has 0 fully saturated rings. The third-order valence-corrected chi connectivity index (χ3v) is 6.83. The SMILES string of the molecule is C=O.CC(=O)O.CC(C)C(N)OC=O.Cc1cc(C)c(N)c(C)c1.Cc1cc(C)c(N2C=CN(C(C)C(C)C)C2)c(C)c1.O=CC=O.[Ac]. The molecule has 2 aromatic carbocycles. The van der Waals surface area contributed by atoms with Crippen LogP contribution >= 0.6 is 0 Å². The number of carboxylic acids is 1. The van der Waals surface area contributed by atoms with Crippen molar-refractivity contribution >= 4 is 43.2 Å². The van der Waals surface area contributed by atoms with Crippen LogP contribution in [-0.2, 0) is 28.7 Å². The molecule has 0 saturated carbocycles. The predicted octanol–water partition coefficient (Wildman–Crippen LogP) is 5.79. The number of ether oxygens (including phenoxy) is 1. The summed E-state index contributed by atoms with van der Waals surface area (Å²) >= 11 is 0. The zero-order valence-corrected chi connectivity index (χ0v) is 35.7. The van der Waals surface area contributed by atoms with Crippen LogP contribution in [0, 0.1) is 97.4 Å². The second-order valence-corrected chi connectivity index (χ2v) is 11.7. The van der Waals surface area contributed by atoms with Gasteiger partial charge in [0.1, 0.15) is 6.79 Å². The molecule has 267 valence electrons. The van der Waals surface area contributed by atoms with Crippen LogP contribution in [-0.4, -0.2) is 60.7 Å². The Morgan fingerprint density at radius 3 is 1.48 bits per heavy atom. The Morgan fingerprint density at radius 1 is 0.812 bits per heavy atom. The van der Waals surface area contributed by atoms with Crippen molar-refractivity contribution in [2.45, 2.75) is 95.4 Å². The molecule has 0 saturated heterocycles. The van der Waals surface area contributed by atoms with E-state index in [9.17, 15) is 4.79 Å². The zero-order valence-electron chi connectivity index (χ0n) is 30.9. The molecule has 1 aliphatic rings. The molecule has 1 radical (unpaired) electrons. The summed E-state index contributed by atoms with van der Waals surface area (Å²) in [6.45, 7) is 27.8. The Labute approximate surface area is 324 Å². The van der Waals surface area contributed by atoms with Gasteiger partial charge in [-0.1, -0.05) is 63.1 Å². The van der Waals surface area contributed by atoms with Crippen molar-refractivity contribution in [2.75, 3.05) is 17.3 Å². The van der Waals surface area contributed by atoms with Gasteiger partial charge in [-0.2, -0.15) is 0 Å². The molecule has 0 amide bonds. The van der Waals surface area contributed by atoms with Crippen molar-refractivity contribution in [2.24, 2.45) is 17.6 Å². The van der Waals surface area contributed by atoms with Crippen molar-refractivity contribution in [3.8, 4) is 0 Å². The fourth-order valence-electron chi connectivity index (χ4n) is 4.27. The molecule has 1 heterocycles. The summed E-state index contributed by atoms with van der Waals surface area (Å²) < 4.78 is 4.40. The fourth-order valence-corrected chi connectivity index (χ4v) is 4.27. The van der Waals surface area contributed by atoms with Crippen molar-refractivity contribution in [1.82, 2.24) is 4.90 Å². The van der Waals surface area contributed by atoms with E-state index >= 15 is 0 Å². The van der Waals surface area contributed by atoms with Crippen LogP contribution in [0.3, 0.4) is 0 Å². The van der Waals surface area contributed by atoms with Crippen LogP contribution in [0.15, 0.2) is 36.7 Å². The van der Waals surface area contributed by atoms with Crippen molar-refractivity contribution in [3.63, 3.8) is 0 Å². The van der Waals surface area contributed by atoms with Crippen LogP contribution in [0.5, 0.6) is 0 Å². The maximum absolute atomic E-state index is 9.62. The molecule has 3 rings (SSSR count). The first-order chi connectivity index (χ1) is 21.8. The second-order valence-electron chi connectivity index (χ2n) is 11.7. The van der Waals surface area contributed by atoms with Crippen LogP contribution < -0.4 is 16.4 Å². The number of nitrogens with zero attached hydrogens (tertiary/aromatic N) is 2. The van der Waals surface area contributed by atoms with E-state index in [0.717, 1.165) is 19.3 Å². The van der Waals surface area contributed by atoms with Crippen molar-refractivity contribution in [3.05, 3.63) is 70.0 Å². The van der Waals surface area contributed by atoms with Crippen LogP contribution in [0.4, 0.5) is 11.4 Å². The van der Waals surface area contributed by atoms with E-state index in [4.69, 9.17) is 35.8 Å². The van der Waals surface area contributed by atoms with E-state index in [1.807, 2.05) is 34.5 Å². The molecule has 12 heteroatoms. The minimum atomic E-state index is -0.833. The first kappa shape index (κ1) is 51.8. The smallest absolute Gasteiger partial charge is 0.300 e. The summed E-state index contributed by atoms with van der Waals surface area (Å²) in [6, 6.07) is 9.31. The van der Waals surface area contributed by atoms with E-state index in [2.05, 4.69) is 99.7 Å². The van der Waals surface area contributed by atoms with Crippen molar-refractivity contribution in [1.29, 1.82) is 0 Å². The average molecular weight is 886 g/mol. The Hall–Kier alpha value is -3.07. The minimum absolute atomic E-state index is 0. The van der Waals surface area contributed by atoms with Gasteiger partial charge in [0.25, 0.3) is 12.4 Å². The quantitative estimate of drug-likeness (QED) is 0.133. The number of carbonyl (C=O) groups excluding carboxylic acids is 4. The molecule has 48 heavy (non-hydrogen) atoms. The van der Waals surface area contributed by atoms with Gasteiger partial charge in [-0.25, -0.2) is 0 Å². The number of aryl methyl sites for hydroxylation is 6. The van der Waals surface area contributed by atoms with Gasteiger partial charge in [0, 0.05) is 86.7 Å². The largest absolute Gasteiger partial charge is 0.481 e. The van der Waals surface area contributed by atoms with Gasteiger partial charge in [-0.15, -0.1) is 0 Å². The second kappa shape index (κ2) is 28.9. The third kappa shape index (κ3) is 22.5. The molecule has 11 nitrogen and oxygen atoms in total. The van der Waals surface area contributed by atoms with Gasteiger partial charge >= 0.3 is 0 Å². The number of aliphatic carboxylic acids is 1. The Balaban J connectivity index is -0.000000283. The first-order valence-corrected chi connectivity index (χ1v) is 15.2. The summed E-state index contributed by atoms with van der Waals surface area (Å²) in [5.74, 6) is 0.0324. The summed E-state index contributed by atoms with van der Waals surface area (Å²) in [4.78, 5) is 49.0. The molecular formula is C36H58AcN4O7. The van der Waals surface area contributed by atoms with E-state index in [1.165, 1.54) is 39.1 Å². The monoisotopic (exact) mass is 885 g/mol. The van der Waals surface area contributed by atoms with E-state index in [1.54, 1.807) is 0 Å². The molecule has 0 aromatic heterocycles. The summed E-state index contributed by atoms with van der Waals surface area (Å²) in [6.07, 6.45) is 4.37. The standard InChI is InChI=1S/C17H26N2.C9H13N.C5H11NO2.C2H4O2.C2H2O2.CH2O.Ac/c1-12(2)16(6)18-7-8-19(11-18)17-14(4)9-13(3)10-15(17)5;1-6-4-7(2)9(10)8(3)5-6;1-4(2)5(6)8-3-7;1-2(3)4;3-1-2-4;1-2;/h7-10,12,16H,11H2,1-6H3;4-5H,10H2,1-3H3;3-5H,6H2,1-2H3;1H3,(H,3,4);1-2H;1H2;. The maximum Gasteiger partial charge on any atom is 0.300 e. The van der Waals surface area contributed by atoms with Crippen LogP contribution in [0.1, 0.15) is 74.9 Å². The van der Waals surface area contributed by atoms with Gasteiger partial charge in [0.15, 0.2) is 18.8 Å². The number of carbonyl (C=O) groups is 5. The topological polar surface area (TPSA) is 173 Å². The predicted molar refractivity (Wildman–Crippen MR) is 191 cm³/mol. The molecule has 2 atom stereocenters. The number of carboxylic acid groups (broad SMARTS) is 1. The Bertz CT molecular complexity index is 1210. The van der Waals surface area contributed by atoms with E-state index < -0.39 is 12.2 Å². The molecule has 1 aliphatic heterocycles. The summed E-state index contributed by atoms with van der Waals surface area (Å²) in [7, 11) is 0. The number of benzene rings is 2. The van der Waals surface area contributed by atoms with E-state index in [-0.39, 0.29) is 62.6 Å². The van der Waals surface area contributed by atoms with E-state index in [0.29, 0.717) is 18.4 Å². The number of anilines is 2. The van der Waals surface area contributed by atoms with Gasteiger partial charge < -0.3 is 30.2 Å². The van der Waals surface area contributed by atoms with Gasteiger partial charge in [-0.05, 0) is 76.6 Å². The summed E-state index contributed by atoms with van der Waals surface area (Å²) in [5, 5.41) is 7.42. The molecule has 0 aliphatic carbocycles. The van der Waals surface area contributed by atoms with Gasteiger partial charge in [-0.3, -0.25) is 24.9 Å². The third-order valence-electron chi connectivity index (χ3n) is 6.83. The average Bonchev–Trinajstić information content (AvgIpc) is 3.46. The molecular weight excluding hydrogens is 827 g/mol. The van der Waals surface area contributed by atoms with Crippen LogP contribution in [0.25, 0.3) is 0 Å². The first-order valence-electron chi connectivity index (χ1n) is 15.2. The fraction of sp³-hybridized carbons (Fsp3) is 0.472.